The van der Waals surface area contributed by atoms with Crippen LogP contribution in [0.4, 0.5) is 0 Å². The van der Waals surface area contributed by atoms with Crippen LogP contribution in [0.15, 0.2) is 47.4 Å². The van der Waals surface area contributed by atoms with Gasteiger partial charge in [-0.3, -0.25) is 4.79 Å². The number of amides is 1. The number of sulfonamides is 1. The van der Waals surface area contributed by atoms with Crippen molar-refractivity contribution in [1.29, 1.82) is 0 Å². The third-order valence-corrected chi connectivity index (χ3v) is 8.31. The number of aryl methyl sites for hydroxylation is 2. The van der Waals surface area contributed by atoms with E-state index >= 15 is 0 Å². The maximum atomic E-state index is 13.0. The fourth-order valence-corrected chi connectivity index (χ4v) is 5.83. The Morgan fingerprint density at radius 1 is 0.968 bits per heavy atom. The van der Waals surface area contributed by atoms with Crippen LogP contribution in [0.3, 0.4) is 0 Å². The predicted molar refractivity (Wildman–Crippen MR) is 122 cm³/mol. The van der Waals surface area contributed by atoms with Crippen molar-refractivity contribution in [2.75, 3.05) is 33.2 Å². The molecule has 0 radical (unpaired) electrons. The zero-order valence-corrected chi connectivity index (χ0v) is 19.1. The average molecular weight is 442 g/mol. The largest absolute Gasteiger partial charge is 0.346 e. The zero-order valence-electron chi connectivity index (χ0n) is 18.3. The van der Waals surface area contributed by atoms with Crippen LogP contribution in [0.25, 0.3) is 0 Å². The highest BCUT2D eigenvalue weighted by Gasteiger charge is 2.28. The first-order valence-corrected chi connectivity index (χ1v) is 12.5. The zero-order chi connectivity index (χ0) is 22.0. The molecule has 0 bridgehead atoms. The van der Waals surface area contributed by atoms with E-state index in [1.165, 1.54) is 34.3 Å². The summed E-state index contributed by atoms with van der Waals surface area (Å²) in [6.07, 6.45) is 4.68. The molecular weight excluding hydrogens is 410 g/mol. The fourth-order valence-electron chi connectivity index (χ4n) is 4.36. The highest BCUT2D eigenvalue weighted by molar-refractivity contribution is 7.89. The van der Waals surface area contributed by atoms with Gasteiger partial charge in [0.25, 0.3) is 5.91 Å². The van der Waals surface area contributed by atoms with E-state index in [4.69, 9.17) is 0 Å². The van der Waals surface area contributed by atoms with Gasteiger partial charge in [0.1, 0.15) is 0 Å². The number of carbonyl (C=O) groups excluding carboxylic acids is 1. The van der Waals surface area contributed by atoms with Crippen LogP contribution in [-0.2, 0) is 22.9 Å². The monoisotopic (exact) mass is 441 g/mol. The van der Waals surface area contributed by atoms with Crippen molar-refractivity contribution in [2.24, 2.45) is 0 Å². The van der Waals surface area contributed by atoms with E-state index in [0.717, 1.165) is 18.4 Å². The van der Waals surface area contributed by atoms with Crippen molar-refractivity contribution in [3.63, 3.8) is 0 Å². The van der Waals surface area contributed by atoms with Crippen molar-refractivity contribution in [3.05, 3.63) is 64.7 Å². The van der Waals surface area contributed by atoms with E-state index in [1.54, 1.807) is 18.2 Å². The summed E-state index contributed by atoms with van der Waals surface area (Å²) in [6.45, 7) is 4.30. The van der Waals surface area contributed by atoms with Gasteiger partial charge in [0, 0.05) is 31.7 Å². The van der Waals surface area contributed by atoms with Gasteiger partial charge in [-0.2, -0.15) is 4.31 Å². The van der Waals surface area contributed by atoms with Crippen LogP contribution in [0.5, 0.6) is 0 Å². The second kappa shape index (κ2) is 9.10. The maximum absolute atomic E-state index is 13.0. The summed E-state index contributed by atoms with van der Waals surface area (Å²) in [6, 6.07) is 12.7. The van der Waals surface area contributed by atoms with Crippen LogP contribution < -0.4 is 5.32 Å². The number of nitrogens with one attached hydrogen (secondary N) is 1. The molecule has 6 nitrogen and oxygen atoms in total. The summed E-state index contributed by atoms with van der Waals surface area (Å²) >= 11 is 0. The number of carbonyl (C=O) groups is 1. The molecule has 7 heteroatoms. The third-order valence-electron chi connectivity index (χ3n) is 6.42. The van der Waals surface area contributed by atoms with Crippen molar-refractivity contribution in [1.82, 2.24) is 14.5 Å². The number of nitrogens with zero attached hydrogens (tertiary/aromatic N) is 2. The van der Waals surface area contributed by atoms with Gasteiger partial charge in [0.05, 0.1) is 10.9 Å². The number of piperazine rings is 1. The number of benzene rings is 2. The minimum atomic E-state index is -3.61. The van der Waals surface area contributed by atoms with Gasteiger partial charge in [0.2, 0.25) is 10.0 Å². The number of hydrogen-bond donors (Lipinski definition) is 1. The second-order valence-electron chi connectivity index (χ2n) is 8.67. The van der Waals surface area contributed by atoms with Crippen LogP contribution in [0, 0.1) is 0 Å². The van der Waals surface area contributed by atoms with E-state index in [1.807, 2.05) is 14.0 Å². The Morgan fingerprint density at radius 2 is 1.68 bits per heavy atom. The third kappa shape index (κ3) is 4.84. The van der Waals surface area contributed by atoms with Gasteiger partial charge in [-0.1, -0.05) is 24.3 Å². The highest BCUT2D eigenvalue weighted by atomic mass is 32.2. The Hall–Kier alpha value is -2.22. The SMILES string of the molecule is C[C@@H](NC(=O)c1cccc(S(=O)(=O)N2CCN(C)CC2)c1)c1ccc2c(c1)CCCC2. The number of hydrogen-bond acceptors (Lipinski definition) is 4. The van der Waals surface area contributed by atoms with Gasteiger partial charge in [0.15, 0.2) is 0 Å². The average Bonchev–Trinajstić information content (AvgIpc) is 2.79. The molecule has 0 aromatic heterocycles. The van der Waals surface area contributed by atoms with Crippen LogP contribution in [0.1, 0.15) is 52.9 Å². The van der Waals surface area contributed by atoms with Gasteiger partial charge in [-0.25, -0.2) is 8.42 Å². The molecule has 2 aromatic rings. The molecule has 1 N–H and O–H groups in total. The highest BCUT2D eigenvalue weighted by Crippen LogP contribution is 2.25. The van der Waals surface area contributed by atoms with E-state index in [0.29, 0.717) is 31.7 Å². The normalized spacial score (nSPS) is 18.9. The van der Waals surface area contributed by atoms with E-state index in [-0.39, 0.29) is 16.8 Å². The predicted octanol–water partition coefficient (Wildman–Crippen LogP) is 2.99. The lowest BCUT2D eigenvalue weighted by atomic mass is 9.89. The molecular formula is C24H31N3O3S. The lowest BCUT2D eigenvalue weighted by Gasteiger charge is -2.31. The molecule has 2 aromatic carbocycles. The molecule has 166 valence electrons. The molecule has 4 rings (SSSR count). The molecule has 0 unspecified atom stereocenters. The van der Waals surface area contributed by atoms with Gasteiger partial charge >= 0.3 is 0 Å². The van der Waals surface area contributed by atoms with E-state index in [9.17, 15) is 13.2 Å². The van der Waals surface area contributed by atoms with E-state index < -0.39 is 10.0 Å². The summed E-state index contributed by atoms with van der Waals surface area (Å²) in [5.74, 6) is -0.263. The Labute approximate surface area is 185 Å². The van der Waals surface area contributed by atoms with Crippen molar-refractivity contribution in [2.45, 2.75) is 43.5 Å². The first kappa shape index (κ1) is 22.0. The first-order chi connectivity index (χ1) is 14.8. The first-order valence-electron chi connectivity index (χ1n) is 11.1. The standard InChI is InChI=1S/C24H31N3O3S/c1-18(20-11-10-19-6-3-4-7-21(19)16-20)25-24(28)22-8-5-9-23(17-22)31(29,30)27-14-12-26(2)13-15-27/h5,8-11,16-18H,3-4,6-7,12-15H2,1-2H3,(H,25,28)/t18-/m1/s1. The smallest absolute Gasteiger partial charge is 0.251 e. The summed E-state index contributed by atoms with van der Waals surface area (Å²) in [4.78, 5) is 15.2. The Morgan fingerprint density at radius 3 is 2.42 bits per heavy atom. The topological polar surface area (TPSA) is 69.7 Å². The van der Waals surface area contributed by atoms with Gasteiger partial charge in [-0.05, 0) is 74.5 Å². The molecule has 1 saturated heterocycles. The number of fused-ring (bicyclic) bond motifs is 1. The van der Waals surface area contributed by atoms with Crippen molar-refractivity contribution >= 4 is 15.9 Å². The Bertz CT molecular complexity index is 1060. The summed E-state index contributed by atoms with van der Waals surface area (Å²) < 4.78 is 27.5. The van der Waals surface area contributed by atoms with Crippen molar-refractivity contribution < 1.29 is 13.2 Å². The molecule has 2 aliphatic rings. The molecule has 0 saturated carbocycles. The minimum Gasteiger partial charge on any atom is -0.346 e. The second-order valence-corrected chi connectivity index (χ2v) is 10.6. The lowest BCUT2D eigenvalue weighted by molar-refractivity contribution is 0.0939. The molecule has 1 aliphatic heterocycles. The summed E-state index contributed by atoms with van der Waals surface area (Å²) in [5, 5.41) is 3.03. The van der Waals surface area contributed by atoms with Gasteiger partial charge in [-0.15, -0.1) is 0 Å². The minimum absolute atomic E-state index is 0.155. The molecule has 1 fully saturated rings. The summed E-state index contributed by atoms with van der Waals surface area (Å²) in [5.41, 5.74) is 4.23. The van der Waals surface area contributed by atoms with Crippen LogP contribution >= 0.6 is 0 Å². The molecule has 1 aliphatic carbocycles. The Kier molecular flexibility index (Phi) is 6.46. The molecule has 1 amide bonds. The summed E-state index contributed by atoms with van der Waals surface area (Å²) in [7, 11) is -1.62. The van der Waals surface area contributed by atoms with Crippen molar-refractivity contribution in [3.8, 4) is 0 Å². The van der Waals surface area contributed by atoms with E-state index in [2.05, 4.69) is 28.4 Å². The molecule has 0 spiro atoms. The van der Waals surface area contributed by atoms with Gasteiger partial charge < -0.3 is 10.2 Å². The maximum Gasteiger partial charge on any atom is 0.251 e. The number of likely N-dealkylation sites (N-methyl/N-ethyl adjacent to an activating group) is 1. The number of rotatable bonds is 5. The lowest BCUT2D eigenvalue weighted by Crippen LogP contribution is -2.47. The quantitative estimate of drug-likeness (QED) is 0.775. The molecule has 1 atom stereocenters. The fraction of sp³-hybridized carbons (Fsp3) is 0.458. The molecule has 1 heterocycles. The molecule has 31 heavy (non-hydrogen) atoms. The van der Waals surface area contributed by atoms with Crippen LogP contribution in [0.2, 0.25) is 0 Å². The van der Waals surface area contributed by atoms with Crippen LogP contribution in [-0.4, -0.2) is 56.8 Å². The Balaban J connectivity index is 1.48.